The van der Waals surface area contributed by atoms with Crippen molar-refractivity contribution in [3.63, 3.8) is 0 Å². The van der Waals surface area contributed by atoms with Gasteiger partial charge < -0.3 is 9.80 Å². The summed E-state index contributed by atoms with van der Waals surface area (Å²) in [5, 5.41) is 0. The highest BCUT2D eigenvalue weighted by Crippen LogP contribution is 2.28. The molecule has 94 valence electrons. The number of nitrogens with zero attached hydrogens (tertiary/aromatic N) is 2. The molecule has 0 radical (unpaired) electrons. The average molecular weight is 246 g/mol. The quantitative estimate of drug-likeness (QED) is 0.744. The Balaban J connectivity index is 2.28. The molecule has 1 amide bonds. The normalized spacial score (nSPS) is 18.9. The molecule has 1 atom stereocenters. The fourth-order valence-corrected chi connectivity index (χ4v) is 2.10. The number of amides is 1. The van der Waals surface area contributed by atoms with Crippen LogP contribution in [0.25, 0.3) is 0 Å². The van der Waals surface area contributed by atoms with E-state index >= 15 is 0 Å². The molecule has 0 N–H and O–H groups in total. The Morgan fingerprint density at radius 2 is 2.22 bits per heavy atom. The average Bonchev–Trinajstić information content (AvgIpc) is 2.70. The molecule has 0 bridgehead atoms. The molecule has 1 aliphatic rings. The largest absolute Gasteiger partial charge is 0.375 e. The van der Waals surface area contributed by atoms with Crippen molar-refractivity contribution in [3.05, 3.63) is 24.0 Å². The van der Waals surface area contributed by atoms with E-state index in [9.17, 15) is 9.18 Å². The zero-order valence-corrected chi connectivity index (χ0v) is 10.5. The Labute approximate surface area is 106 Å². The van der Waals surface area contributed by atoms with E-state index < -0.39 is 0 Å². The second kappa shape index (κ2) is 4.69. The summed E-state index contributed by atoms with van der Waals surface area (Å²) in [6.45, 7) is 0.468. The highest BCUT2D eigenvalue weighted by molar-refractivity contribution is 5.96. The first kappa shape index (κ1) is 12.4. The predicted octanol–water partition coefficient (Wildman–Crippen LogP) is 1.88. The second-order valence-electron chi connectivity index (χ2n) is 4.60. The van der Waals surface area contributed by atoms with Crippen molar-refractivity contribution in [1.82, 2.24) is 0 Å². The predicted molar refractivity (Wildman–Crippen MR) is 70.0 cm³/mol. The van der Waals surface area contributed by atoms with Crippen LogP contribution in [0.15, 0.2) is 18.2 Å². The van der Waals surface area contributed by atoms with Crippen molar-refractivity contribution in [2.24, 2.45) is 5.92 Å². The molecule has 0 saturated carbocycles. The molecular formula is C14H15FN2O. The molecule has 2 rings (SSSR count). The number of hydrogen-bond acceptors (Lipinski definition) is 2. The minimum atomic E-state index is -0.338. The molecule has 1 aromatic carbocycles. The number of halogens is 1. The molecular weight excluding hydrogens is 231 g/mol. The first-order chi connectivity index (χ1) is 8.52. The second-order valence-corrected chi connectivity index (χ2v) is 4.60. The zero-order valence-electron chi connectivity index (χ0n) is 10.5. The first-order valence-corrected chi connectivity index (χ1v) is 5.76. The zero-order chi connectivity index (χ0) is 13.3. The van der Waals surface area contributed by atoms with Gasteiger partial charge in [-0.2, -0.15) is 0 Å². The van der Waals surface area contributed by atoms with Crippen LogP contribution in [-0.2, 0) is 4.79 Å². The maximum Gasteiger partial charge on any atom is 0.228 e. The third-order valence-corrected chi connectivity index (χ3v) is 3.09. The van der Waals surface area contributed by atoms with Gasteiger partial charge in [-0.1, -0.05) is 0 Å². The highest BCUT2D eigenvalue weighted by atomic mass is 19.1. The molecule has 3 nitrogen and oxygen atoms in total. The van der Waals surface area contributed by atoms with Gasteiger partial charge in [0.15, 0.2) is 0 Å². The van der Waals surface area contributed by atoms with Crippen LogP contribution in [0.2, 0.25) is 0 Å². The monoisotopic (exact) mass is 246 g/mol. The van der Waals surface area contributed by atoms with Gasteiger partial charge in [0.2, 0.25) is 5.91 Å². The van der Waals surface area contributed by atoms with Crippen LogP contribution >= 0.6 is 0 Å². The standard InChI is InChI=1S/C14H15FN2O/c1-4-10-7-14(18)17(9-10)11-5-6-13(16(2)3)12(15)8-11/h1,5-6,8,10H,7,9H2,2-3H3. The van der Waals surface area contributed by atoms with Crippen LogP contribution in [0.3, 0.4) is 0 Å². The minimum absolute atomic E-state index is 0.0463. The molecule has 1 saturated heterocycles. The number of carbonyl (C=O) groups is 1. The number of hydrogen-bond donors (Lipinski definition) is 0. The molecule has 1 unspecified atom stereocenters. The van der Waals surface area contributed by atoms with E-state index in [1.807, 2.05) is 0 Å². The third-order valence-electron chi connectivity index (χ3n) is 3.09. The van der Waals surface area contributed by atoms with Gasteiger partial charge in [0, 0.05) is 38.7 Å². The Bertz CT molecular complexity index is 519. The molecule has 0 aromatic heterocycles. The summed E-state index contributed by atoms with van der Waals surface area (Å²) in [5.41, 5.74) is 1.07. The van der Waals surface area contributed by atoms with Gasteiger partial charge in [-0.05, 0) is 18.2 Å². The van der Waals surface area contributed by atoms with E-state index in [4.69, 9.17) is 6.42 Å². The van der Waals surface area contributed by atoms with Gasteiger partial charge in [-0.3, -0.25) is 4.79 Å². The fraction of sp³-hybridized carbons (Fsp3) is 0.357. The lowest BCUT2D eigenvalue weighted by molar-refractivity contribution is -0.117. The number of benzene rings is 1. The Morgan fingerprint density at radius 3 is 2.72 bits per heavy atom. The van der Waals surface area contributed by atoms with Gasteiger partial charge in [-0.25, -0.2) is 4.39 Å². The van der Waals surface area contributed by atoms with Crippen LogP contribution in [-0.4, -0.2) is 26.5 Å². The van der Waals surface area contributed by atoms with Crippen molar-refractivity contribution >= 4 is 17.3 Å². The highest BCUT2D eigenvalue weighted by Gasteiger charge is 2.29. The molecule has 1 fully saturated rings. The van der Waals surface area contributed by atoms with Crippen molar-refractivity contribution in [2.45, 2.75) is 6.42 Å². The summed E-state index contributed by atoms with van der Waals surface area (Å²) in [7, 11) is 3.54. The lowest BCUT2D eigenvalue weighted by atomic mass is 10.1. The lowest BCUT2D eigenvalue weighted by Crippen LogP contribution is -2.24. The van der Waals surface area contributed by atoms with Crippen molar-refractivity contribution in [1.29, 1.82) is 0 Å². The van der Waals surface area contributed by atoms with Gasteiger partial charge >= 0.3 is 0 Å². The summed E-state index contributed by atoms with van der Waals surface area (Å²) in [5.74, 6) is 2.11. The Morgan fingerprint density at radius 1 is 1.50 bits per heavy atom. The Hall–Kier alpha value is -2.02. The van der Waals surface area contributed by atoms with Crippen LogP contribution < -0.4 is 9.80 Å². The minimum Gasteiger partial charge on any atom is -0.375 e. The van der Waals surface area contributed by atoms with Crippen molar-refractivity contribution < 1.29 is 9.18 Å². The van der Waals surface area contributed by atoms with Crippen molar-refractivity contribution in [3.8, 4) is 12.3 Å². The third kappa shape index (κ3) is 2.17. The van der Waals surface area contributed by atoms with E-state index in [-0.39, 0.29) is 17.6 Å². The van der Waals surface area contributed by atoms with E-state index in [1.54, 1.807) is 36.0 Å². The number of carbonyl (C=O) groups excluding carboxylic acids is 1. The summed E-state index contributed by atoms with van der Waals surface area (Å²) in [4.78, 5) is 15.0. The molecule has 0 spiro atoms. The van der Waals surface area contributed by atoms with Gasteiger partial charge in [0.1, 0.15) is 5.82 Å². The molecule has 0 aliphatic carbocycles. The van der Waals surface area contributed by atoms with E-state index in [0.717, 1.165) is 0 Å². The molecule has 1 aromatic rings. The SMILES string of the molecule is C#CC1CC(=O)N(c2ccc(N(C)C)c(F)c2)C1. The lowest BCUT2D eigenvalue weighted by Gasteiger charge is -2.19. The summed E-state index contributed by atoms with van der Waals surface area (Å²) in [6.07, 6.45) is 5.66. The summed E-state index contributed by atoms with van der Waals surface area (Å²) >= 11 is 0. The van der Waals surface area contributed by atoms with Gasteiger partial charge in [-0.15, -0.1) is 12.3 Å². The van der Waals surface area contributed by atoms with E-state index in [1.165, 1.54) is 6.07 Å². The smallest absolute Gasteiger partial charge is 0.228 e. The van der Waals surface area contributed by atoms with E-state index in [2.05, 4.69) is 5.92 Å². The maximum absolute atomic E-state index is 13.8. The molecule has 1 heterocycles. The van der Waals surface area contributed by atoms with Crippen LogP contribution in [0, 0.1) is 24.1 Å². The number of rotatable bonds is 2. The Kier molecular flexibility index (Phi) is 3.24. The summed E-state index contributed by atoms with van der Waals surface area (Å²) < 4.78 is 13.8. The molecule has 18 heavy (non-hydrogen) atoms. The van der Waals surface area contributed by atoms with Crippen molar-refractivity contribution in [2.75, 3.05) is 30.4 Å². The fourth-order valence-electron chi connectivity index (χ4n) is 2.10. The van der Waals surface area contributed by atoms with Crippen LogP contribution in [0.4, 0.5) is 15.8 Å². The van der Waals surface area contributed by atoms with Gasteiger partial charge in [0.25, 0.3) is 0 Å². The van der Waals surface area contributed by atoms with Crippen LogP contribution in [0.5, 0.6) is 0 Å². The maximum atomic E-state index is 13.8. The van der Waals surface area contributed by atoms with Gasteiger partial charge in [0.05, 0.1) is 5.69 Å². The van der Waals surface area contributed by atoms with E-state index in [0.29, 0.717) is 24.3 Å². The topological polar surface area (TPSA) is 23.6 Å². The first-order valence-electron chi connectivity index (χ1n) is 5.76. The number of terminal acetylenes is 1. The molecule has 1 aliphatic heterocycles. The summed E-state index contributed by atoms with van der Waals surface area (Å²) in [6, 6.07) is 4.79. The molecule has 4 heteroatoms. The number of anilines is 2. The van der Waals surface area contributed by atoms with Crippen LogP contribution in [0.1, 0.15) is 6.42 Å².